The number of alkyl halides is 1. The van der Waals surface area contributed by atoms with Crippen molar-refractivity contribution in [3.05, 3.63) is 71.8 Å². The lowest BCUT2D eigenvalue weighted by molar-refractivity contribution is -0.351. The summed E-state index contributed by atoms with van der Waals surface area (Å²) in [5.41, 5.74) is 2.14. The zero-order valence-electron chi connectivity index (χ0n) is 19.1. The normalized spacial score (nSPS) is 27.7. The third-order valence-corrected chi connectivity index (χ3v) is 6.61. The molecule has 6 atom stereocenters. The fraction of sp³-hybridized carbons (Fsp3) is 0.520. The van der Waals surface area contributed by atoms with E-state index in [1.807, 2.05) is 74.5 Å². The zero-order chi connectivity index (χ0) is 23.0. The maximum Gasteiger partial charge on any atom is 0.186 e. The summed E-state index contributed by atoms with van der Waals surface area (Å²) in [4.78, 5) is 0. The summed E-state index contributed by atoms with van der Waals surface area (Å²) in [6, 6.07) is 20.1. The molecule has 32 heavy (non-hydrogen) atoms. The molecule has 0 saturated carbocycles. The third-order valence-electron chi connectivity index (χ3n) is 5.59. The maximum absolute atomic E-state index is 6.44. The lowest BCUT2D eigenvalue weighted by Crippen LogP contribution is -2.62. The summed E-state index contributed by atoms with van der Waals surface area (Å²) in [6.07, 6.45) is -2.27. The highest BCUT2D eigenvalue weighted by atomic mass is 79.9. The first kappa shape index (κ1) is 25.3. The van der Waals surface area contributed by atoms with Crippen LogP contribution in [-0.4, -0.2) is 56.0 Å². The molecule has 0 spiro atoms. The van der Waals surface area contributed by atoms with Gasteiger partial charge in [0.15, 0.2) is 12.1 Å². The molecule has 1 aliphatic rings. The molecular formula is C25H33BrO6. The van der Waals surface area contributed by atoms with Gasteiger partial charge >= 0.3 is 0 Å². The Morgan fingerprint density at radius 2 is 1.38 bits per heavy atom. The van der Waals surface area contributed by atoms with Crippen molar-refractivity contribution in [1.29, 1.82) is 0 Å². The summed E-state index contributed by atoms with van der Waals surface area (Å²) in [6.45, 7) is 4.68. The Morgan fingerprint density at radius 1 is 0.844 bits per heavy atom. The molecule has 0 N–H and O–H groups in total. The molecule has 1 aliphatic heterocycles. The molecule has 0 aromatic heterocycles. The van der Waals surface area contributed by atoms with Gasteiger partial charge in [0, 0.05) is 14.2 Å². The van der Waals surface area contributed by atoms with Crippen LogP contribution < -0.4 is 0 Å². The summed E-state index contributed by atoms with van der Waals surface area (Å²) in [5.74, 6) is -0.885. The van der Waals surface area contributed by atoms with Crippen LogP contribution in [0.3, 0.4) is 0 Å². The van der Waals surface area contributed by atoms with Gasteiger partial charge in [0.25, 0.3) is 0 Å². The number of ether oxygens (including phenoxy) is 6. The second-order valence-electron chi connectivity index (χ2n) is 8.02. The second kappa shape index (κ2) is 12.2. The van der Waals surface area contributed by atoms with Crippen molar-refractivity contribution in [3.63, 3.8) is 0 Å². The van der Waals surface area contributed by atoms with E-state index in [4.69, 9.17) is 28.4 Å². The molecule has 0 amide bonds. The van der Waals surface area contributed by atoms with Crippen LogP contribution in [0.2, 0.25) is 0 Å². The first-order valence-electron chi connectivity index (χ1n) is 10.8. The van der Waals surface area contributed by atoms with Crippen LogP contribution in [0.5, 0.6) is 0 Å². The number of hydrogen-bond donors (Lipinski definition) is 0. The standard InChI is InChI=1S/C25H33BrO6/c1-18-21(29-15-19-11-7-5-8-12-19)22(30-16-20-13-9-6-10-14-20)23(24(27-3)31-18)32-25(2,17-26)28-4/h5-14,18,21-24H,15-17H2,1-4H3/t18-,21-,22+,23+,24+,25?/m0/s1. The summed E-state index contributed by atoms with van der Waals surface area (Å²) >= 11 is 3.48. The Hall–Kier alpha value is -1.32. The molecule has 2 aromatic rings. The van der Waals surface area contributed by atoms with Crippen LogP contribution in [0.25, 0.3) is 0 Å². The van der Waals surface area contributed by atoms with Gasteiger partial charge in [-0.2, -0.15) is 0 Å². The first-order chi connectivity index (χ1) is 15.5. The van der Waals surface area contributed by atoms with Gasteiger partial charge in [0.1, 0.15) is 18.3 Å². The van der Waals surface area contributed by atoms with Gasteiger partial charge in [-0.25, -0.2) is 0 Å². The second-order valence-corrected chi connectivity index (χ2v) is 8.58. The lowest BCUT2D eigenvalue weighted by Gasteiger charge is -2.46. The van der Waals surface area contributed by atoms with Gasteiger partial charge < -0.3 is 28.4 Å². The third kappa shape index (κ3) is 6.60. The van der Waals surface area contributed by atoms with E-state index < -0.39 is 24.3 Å². The molecule has 7 heteroatoms. The Labute approximate surface area is 199 Å². The summed E-state index contributed by atoms with van der Waals surface area (Å²) in [5, 5.41) is 0.472. The highest BCUT2D eigenvalue weighted by molar-refractivity contribution is 9.09. The van der Waals surface area contributed by atoms with Gasteiger partial charge in [-0.3, -0.25) is 0 Å². The quantitative estimate of drug-likeness (QED) is 0.324. The largest absolute Gasteiger partial charge is 0.368 e. The Balaban J connectivity index is 1.85. The van der Waals surface area contributed by atoms with Gasteiger partial charge in [-0.15, -0.1) is 0 Å². The predicted octanol–water partition coefficient (Wildman–Crippen LogP) is 4.69. The number of benzene rings is 2. The molecular weight excluding hydrogens is 476 g/mol. The van der Waals surface area contributed by atoms with Crippen molar-refractivity contribution in [1.82, 2.24) is 0 Å². The van der Waals surface area contributed by atoms with Crippen LogP contribution >= 0.6 is 15.9 Å². The van der Waals surface area contributed by atoms with Crippen LogP contribution in [0.4, 0.5) is 0 Å². The van der Waals surface area contributed by atoms with Gasteiger partial charge in [0.05, 0.1) is 24.6 Å². The predicted molar refractivity (Wildman–Crippen MR) is 125 cm³/mol. The minimum Gasteiger partial charge on any atom is -0.368 e. The smallest absolute Gasteiger partial charge is 0.186 e. The molecule has 176 valence electrons. The maximum atomic E-state index is 6.44. The van der Waals surface area contributed by atoms with Crippen molar-refractivity contribution in [2.75, 3.05) is 19.5 Å². The number of hydrogen-bond acceptors (Lipinski definition) is 6. The van der Waals surface area contributed by atoms with Crippen LogP contribution in [-0.2, 0) is 41.6 Å². The molecule has 0 radical (unpaired) electrons. The molecule has 1 unspecified atom stereocenters. The van der Waals surface area contributed by atoms with E-state index in [2.05, 4.69) is 15.9 Å². The van der Waals surface area contributed by atoms with Crippen molar-refractivity contribution in [3.8, 4) is 0 Å². The minimum atomic E-state index is -0.885. The van der Waals surface area contributed by atoms with Crippen molar-refractivity contribution < 1.29 is 28.4 Å². The van der Waals surface area contributed by atoms with E-state index in [1.165, 1.54) is 0 Å². The van der Waals surface area contributed by atoms with Crippen LogP contribution in [0, 0.1) is 0 Å². The van der Waals surface area contributed by atoms with Crippen LogP contribution in [0.15, 0.2) is 60.7 Å². The van der Waals surface area contributed by atoms with Crippen LogP contribution in [0.1, 0.15) is 25.0 Å². The first-order valence-corrected chi connectivity index (χ1v) is 11.9. The molecule has 3 rings (SSSR count). The number of methoxy groups -OCH3 is 2. The fourth-order valence-corrected chi connectivity index (χ4v) is 4.02. The van der Waals surface area contributed by atoms with Gasteiger partial charge in [0.2, 0.25) is 0 Å². The van der Waals surface area contributed by atoms with Crippen molar-refractivity contribution >= 4 is 15.9 Å². The Morgan fingerprint density at radius 3 is 1.84 bits per heavy atom. The molecule has 6 nitrogen and oxygen atoms in total. The summed E-state index contributed by atoms with van der Waals surface area (Å²) in [7, 11) is 3.21. The molecule has 1 fully saturated rings. The number of halogens is 1. The zero-order valence-corrected chi connectivity index (χ0v) is 20.7. The molecule has 1 heterocycles. The van der Waals surface area contributed by atoms with E-state index >= 15 is 0 Å². The molecule has 2 aromatic carbocycles. The SMILES string of the molecule is CO[C@@H]1O[C@@H](C)[C@H](OCc2ccccc2)[C@@H](OCc2ccccc2)[C@H]1OC(C)(CBr)OC. The molecule has 0 aliphatic carbocycles. The van der Waals surface area contributed by atoms with E-state index in [0.29, 0.717) is 18.5 Å². The minimum absolute atomic E-state index is 0.262. The van der Waals surface area contributed by atoms with Gasteiger partial charge in [-0.05, 0) is 25.0 Å². The highest BCUT2D eigenvalue weighted by Gasteiger charge is 2.49. The lowest BCUT2D eigenvalue weighted by atomic mass is 9.98. The number of rotatable bonds is 11. The average molecular weight is 509 g/mol. The Kier molecular flexibility index (Phi) is 9.67. The Bertz CT molecular complexity index is 786. The topological polar surface area (TPSA) is 55.4 Å². The van der Waals surface area contributed by atoms with Gasteiger partial charge in [-0.1, -0.05) is 76.6 Å². The molecule has 1 saturated heterocycles. The monoisotopic (exact) mass is 508 g/mol. The fourth-order valence-electron chi connectivity index (χ4n) is 3.66. The van der Waals surface area contributed by atoms with E-state index in [0.717, 1.165) is 11.1 Å². The van der Waals surface area contributed by atoms with E-state index in [9.17, 15) is 0 Å². The average Bonchev–Trinajstić information content (AvgIpc) is 2.84. The van der Waals surface area contributed by atoms with Crippen molar-refractivity contribution in [2.24, 2.45) is 0 Å². The molecule has 0 bridgehead atoms. The highest BCUT2D eigenvalue weighted by Crippen LogP contribution is 2.33. The van der Waals surface area contributed by atoms with Crippen molar-refractivity contribution in [2.45, 2.75) is 63.6 Å². The summed E-state index contributed by atoms with van der Waals surface area (Å²) < 4.78 is 36.6. The van der Waals surface area contributed by atoms with E-state index in [1.54, 1.807) is 14.2 Å². The van der Waals surface area contributed by atoms with E-state index in [-0.39, 0.29) is 12.2 Å².